The summed E-state index contributed by atoms with van der Waals surface area (Å²) in [6.45, 7) is 3.69. The number of hydrogen-bond acceptors (Lipinski definition) is 4. The Balaban J connectivity index is 1.77. The van der Waals surface area contributed by atoms with Crippen LogP contribution in [0.1, 0.15) is 21.5 Å². The Morgan fingerprint density at radius 2 is 1.85 bits per heavy atom. The number of halogens is 2. The van der Waals surface area contributed by atoms with Crippen LogP contribution in [0.25, 0.3) is 0 Å². The predicted molar refractivity (Wildman–Crippen MR) is 120 cm³/mol. The molecule has 2 amide bonds. The summed E-state index contributed by atoms with van der Waals surface area (Å²) in [4.78, 5) is 24.0. The Morgan fingerprint density at radius 1 is 1.11 bits per heavy atom. The number of benzene rings is 2. The molecule has 0 bridgehead atoms. The number of hydrazine groups is 1. The highest BCUT2D eigenvalue weighted by atomic mass is 127. The summed E-state index contributed by atoms with van der Waals surface area (Å²) >= 11 is 10.6. The first-order valence-electron chi connectivity index (χ1n) is 7.81. The highest BCUT2D eigenvalue weighted by Crippen LogP contribution is 2.21. The zero-order chi connectivity index (χ0) is 20.0. The number of carbonyl (C=O) groups is 2. The van der Waals surface area contributed by atoms with Gasteiger partial charge in [-0.25, -0.2) is 0 Å². The van der Waals surface area contributed by atoms with Gasteiger partial charge in [-0.3, -0.25) is 25.8 Å². The van der Waals surface area contributed by atoms with Gasteiger partial charge in [-0.05, 0) is 90.1 Å². The van der Waals surface area contributed by atoms with Gasteiger partial charge in [0, 0.05) is 13.6 Å². The van der Waals surface area contributed by atoms with E-state index in [0.717, 1.165) is 19.2 Å². The Bertz CT molecular complexity index is 892. The van der Waals surface area contributed by atoms with Gasteiger partial charge < -0.3 is 4.74 Å². The van der Waals surface area contributed by atoms with Gasteiger partial charge in [0.2, 0.25) is 0 Å². The topological polar surface area (TPSA) is 79.5 Å². The fraction of sp³-hybridized carbons (Fsp3) is 0.167. The summed E-state index contributed by atoms with van der Waals surface area (Å²) in [7, 11) is 0. The molecule has 0 saturated carbocycles. The predicted octanol–water partition coefficient (Wildman–Crippen LogP) is 3.39. The van der Waals surface area contributed by atoms with Crippen molar-refractivity contribution in [1.29, 1.82) is 0 Å². The van der Waals surface area contributed by atoms with Gasteiger partial charge in [0.25, 0.3) is 11.8 Å². The molecule has 0 fully saturated rings. The SMILES string of the molecule is Cc1cc(OCC(=O)NNC(=S)NC(=O)c2ccc(C)c(I)c2)ccc1Br. The van der Waals surface area contributed by atoms with Gasteiger partial charge in [-0.1, -0.05) is 22.0 Å². The second-order valence-electron chi connectivity index (χ2n) is 5.62. The molecule has 27 heavy (non-hydrogen) atoms. The van der Waals surface area contributed by atoms with Crippen molar-refractivity contribution >= 4 is 67.7 Å². The molecule has 0 atom stereocenters. The van der Waals surface area contributed by atoms with Crippen molar-refractivity contribution < 1.29 is 14.3 Å². The number of amides is 2. The van der Waals surface area contributed by atoms with E-state index in [1.807, 2.05) is 32.0 Å². The minimum atomic E-state index is -0.433. The van der Waals surface area contributed by atoms with E-state index >= 15 is 0 Å². The van der Waals surface area contributed by atoms with Crippen molar-refractivity contribution in [3.8, 4) is 5.75 Å². The summed E-state index contributed by atoms with van der Waals surface area (Å²) in [6, 6.07) is 10.8. The second kappa shape index (κ2) is 10.00. The molecule has 142 valence electrons. The molecule has 0 aliphatic carbocycles. The van der Waals surface area contributed by atoms with Crippen molar-refractivity contribution in [2.45, 2.75) is 13.8 Å². The lowest BCUT2D eigenvalue weighted by atomic mass is 10.1. The third kappa shape index (κ3) is 6.74. The normalized spacial score (nSPS) is 10.1. The molecule has 6 nitrogen and oxygen atoms in total. The van der Waals surface area contributed by atoms with E-state index in [4.69, 9.17) is 17.0 Å². The van der Waals surface area contributed by atoms with Crippen LogP contribution in [0.3, 0.4) is 0 Å². The molecule has 9 heteroatoms. The van der Waals surface area contributed by atoms with Gasteiger partial charge >= 0.3 is 0 Å². The Kier molecular flexibility index (Phi) is 7.99. The second-order valence-corrected chi connectivity index (χ2v) is 8.04. The summed E-state index contributed by atoms with van der Waals surface area (Å²) in [5.41, 5.74) is 7.42. The van der Waals surface area contributed by atoms with Crippen LogP contribution in [0.2, 0.25) is 0 Å². The highest BCUT2D eigenvalue weighted by Gasteiger charge is 2.10. The fourth-order valence-electron chi connectivity index (χ4n) is 1.96. The molecule has 0 unspecified atom stereocenters. The van der Waals surface area contributed by atoms with Crippen LogP contribution in [-0.4, -0.2) is 23.5 Å². The van der Waals surface area contributed by atoms with Crippen molar-refractivity contribution in [3.05, 3.63) is 61.1 Å². The maximum atomic E-state index is 12.2. The van der Waals surface area contributed by atoms with Crippen LogP contribution in [0.4, 0.5) is 0 Å². The summed E-state index contributed by atoms with van der Waals surface area (Å²) < 4.78 is 7.35. The van der Waals surface area contributed by atoms with Crippen LogP contribution in [0.15, 0.2) is 40.9 Å². The number of aryl methyl sites for hydroxylation is 2. The van der Waals surface area contributed by atoms with Crippen LogP contribution in [-0.2, 0) is 4.79 Å². The quantitative estimate of drug-likeness (QED) is 0.303. The molecule has 2 rings (SSSR count). The van der Waals surface area contributed by atoms with Gasteiger partial charge in [0.15, 0.2) is 11.7 Å². The van der Waals surface area contributed by atoms with E-state index < -0.39 is 5.91 Å². The molecule has 0 saturated heterocycles. The van der Waals surface area contributed by atoms with Gasteiger partial charge in [-0.15, -0.1) is 0 Å². The number of hydrogen-bond donors (Lipinski definition) is 3. The molecule has 3 N–H and O–H groups in total. The average molecular weight is 562 g/mol. The van der Waals surface area contributed by atoms with Gasteiger partial charge in [-0.2, -0.15) is 0 Å². The Hall–Kier alpha value is -1.72. The first kappa shape index (κ1) is 21.6. The first-order chi connectivity index (χ1) is 12.8. The minimum absolute atomic E-state index is 0.0107. The lowest BCUT2D eigenvalue weighted by Gasteiger charge is -2.12. The number of rotatable bonds is 4. The van der Waals surface area contributed by atoms with E-state index in [2.05, 4.69) is 54.7 Å². The van der Waals surface area contributed by atoms with E-state index in [-0.39, 0.29) is 17.6 Å². The van der Waals surface area contributed by atoms with Crippen LogP contribution >= 0.6 is 50.7 Å². The molecule has 0 spiro atoms. The monoisotopic (exact) mass is 561 g/mol. The number of ether oxygens (including phenoxy) is 1. The highest BCUT2D eigenvalue weighted by molar-refractivity contribution is 14.1. The number of thiocarbonyl (C=S) groups is 1. The first-order valence-corrected chi connectivity index (χ1v) is 10.1. The van der Waals surface area contributed by atoms with Gasteiger partial charge in [0.1, 0.15) is 5.75 Å². The van der Waals surface area contributed by atoms with Crippen LogP contribution in [0, 0.1) is 17.4 Å². The lowest BCUT2D eigenvalue weighted by Crippen LogP contribution is -2.49. The van der Waals surface area contributed by atoms with Crippen molar-refractivity contribution in [1.82, 2.24) is 16.2 Å². The molecule has 0 aromatic heterocycles. The largest absolute Gasteiger partial charge is 0.484 e. The molecule has 2 aromatic carbocycles. The van der Waals surface area contributed by atoms with Crippen molar-refractivity contribution in [2.24, 2.45) is 0 Å². The van der Waals surface area contributed by atoms with E-state index in [1.54, 1.807) is 18.2 Å². The minimum Gasteiger partial charge on any atom is -0.484 e. The fourth-order valence-corrected chi connectivity index (χ4v) is 2.86. The van der Waals surface area contributed by atoms with Crippen LogP contribution < -0.4 is 20.9 Å². The zero-order valence-corrected chi connectivity index (χ0v) is 19.1. The third-order valence-corrected chi connectivity index (χ3v) is 5.73. The maximum absolute atomic E-state index is 12.2. The Morgan fingerprint density at radius 3 is 2.52 bits per heavy atom. The smallest absolute Gasteiger partial charge is 0.276 e. The molecular formula is C18H17BrIN3O3S. The van der Waals surface area contributed by atoms with Crippen molar-refractivity contribution in [2.75, 3.05) is 6.61 Å². The molecule has 0 aliphatic heterocycles. The number of carbonyl (C=O) groups excluding carboxylic acids is 2. The lowest BCUT2D eigenvalue weighted by molar-refractivity contribution is -0.123. The molecular weight excluding hydrogens is 545 g/mol. The van der Waals surface area contributed by atoms with Crippen molar-refractivity contribution in [3.63, 3.8) is 0 Å². The Labute approximate surface area is 184 Å². The maximum Gasteiger partial charge on any atom is 0.276 e. The molecule has 0 radical (unpaired) electrons. The van der Waals surface area contributed by atoms with Crippen LogP contribution in [0.5, 0.6) is 5.75 Å². The van der Waals surface area contributed by atoms with E-state index in [0.29, 0.717) is 11.3 Å². The molecule has 2 aromatic rings. The van der Waals surface area contributed by atoms with Gasteiger partial charge in [0.05, 0.1) is 0 Å². The van der Waals surface area contributed by atoms with E-state index in [1.165, 1.54) is 0 Å². The summed E-state index contributed by atoms with van der Waals surface area (Å²) in [5.74, 6) is -0.214. The zero-order valence-electron chi connectivity index (χ0n) is 14.6. The summed E-state index contributed by atoms with van der Waals surface area (Å²) in [6.07, 6.45) is 0. The van der Waals surface area contributed by atoms with E-state index in [9.17, 15) is 9.59 Å². The number of nitrogens with one attached hydrogen (secondary N) is 3. The standard InChI is InChI=1S/C18H17BrIN3O3S/c1-10-3-4-12(8-15(10)20)17(25)21-18(27)23-22-16(24)9-26-13-5-6-14(19)11(2)7-13/h3-8H,9H2,1-2H3,(H,22,24)(H2,21,23,25,27). The third-order valence-electron chi connectivity index (χ3n) is 3.48. The molecule has 0 aliphatic rings. The average Bonchev–Trinajstić information content (AvgIpc) is 2.63. The summed E-state index contributed by atoms with van der Waals surface area (Å²) in [5, 5.41) is 2.49. The molecule has 0 heterocycles.